The molecule has 0 spiro atoms. The molecule has 1 heterocycles. The first-order chi connectivity index (χ1) is 7.64. The highest BCUT2D eigenvalue weighted by molar-refractivity contribution is 5.66. The van der Waals surface area contributed by atoms with Gasteiger partial charge in [-0.15, -0.1) is 0 Å². The summed E-state index contributed by atoms with van der Waals surface area (Å²) in [6, 6.07) is 0. The van der Waals surface area contributed by atoms with E-state index in [-0.39, 0.29) is 0 Å². The summed E-state index contributed by atoms with van der Waals surface area (Å²) < 4.78 is 47.0. The summed E-state index contributed by atoms with van der Waals surface area (Å²) in [7, 11) is 0. The summed E-state index contributed by atoms with van der Waals surface area (Å²) in [6.45, 7) is 3.97. The largest absolute Gasteiger partial charge is 0.457 e. The van der Waals surface area contributed by atoms with E-state index in [0.717, 1.165) is 6.92 Å². The van der Waals surface area contributed by atoms with Crippen LogP contribution in [0.4, 0.5) is 13.2 Å². The first-order valence-electron chi connectivity index (χ1n) is 5.22. The minimum Gasteiger partial charge on any atom is -0.457 e. The number of carbonyl (C=O) groups excluding carboxylic acids is 1. The summed E-state index contributed by atoms with van der Waals surface area (Å²) in [6.07, 6.45) is -9.41. The zero-order chi connectivity index (χ0) is 13.4. The number of alkyl halides is 3. The lowest BCUT2D eigenvalue weighted by Crippen LogP contribution is -2.55. The van der Waals surface area contributed by atoms with Crippen molar-refractivity contribution >= 4 is 5.97 Å². The molecule has 7 heteroatoms. The molecule has 1 saturated heterocycles. The monoisotopic (exact) mass is 256 g/mol. The molecule has 17 heavy (non-hydrogen) atoms. The van der Waals surface area contributed by atoms with Gasteiger partial charge in [-0.25, -0.2) is 0 Å². The van der Waals surface area contributed by atoms with Crippen molar-refractivity contribution in [3.05, 3.63) is 0 Å². The molecule has 0 aromatic heterocycles. The predicted octanol–water partition coefficient (Wildman–Crippen LogP) is 1.47. The Bertz CT molecular complexity index is 292. The fraction of sp³-hybridized carbons (Fsp3) is 0.900. The van der Waals surface area contributed by atoms with Gasteiger partial charge in [-0.1, -0.05) is 13.8 Å². The van der Waals surface area contributed by atoms with Crippen molar-refractivity contribution in [2.24, 2.45) is 11.8 Å². The lowest BCUT2D eigenvalue weighted by molar-refractivity contribution is -0.326. The maximum atomic E-state index is 12.6. The summed E-state index contributed by atoms with van der Waals surface area (Å²) in [5, 5.41) is 9.44. The third kappa shape index (κ3) is 3.10. The Labute approximate surface area is 96.7 Å². The standard InChI is InChI=1S/C10H15F3O4/c1-4-5(2)8(10(11,12)13)17-9(15)7(4)16-6(3)14/h4-5,7-9,15H,1-3H3/t4?,5-,7+,8?,9?/m0/s1. The summed E-state index contributed by atoms with van der Waals surface area (Å²) >= 11 is 0. The van der Waals surface area contributed by atoms with Crippen molar-refractivity contribution in [1.29, 1.82) is 0 Å². The van der Waals surface area contributed by atoms with Crippen LogP contribution < -0.4 is 0 Å². The molecule has 5 atom stereocenters. The van der Waals surface area contributed by atoms with Crippen LogP contribution in [0.1, 0.15) is 20.8 Å². The smallest absolute Gasteiger partial charge is 0.415 e. The second-order valence-corrected chi connectivity index (χ2v) is 4.28. The highest BCUT2D eigenvalue weighted by Crippen LogP contribution is 2.39. The Hall–Kier alpha value is -0.820. The quantitative estimate of drug-likeness (QED) is 0.722. The van der Waals surface area contributed by atoms with Crippen LogP contribution >= 0.6 is 0 Å². The Morgan fingerprint density at radius 2 is 1.82 bits per heavy atom. The molecular weight excluding hydrogens is 241 g/mol. The average molecular weight is 256 g/mol. The van der Waals surface area contributed by atoms with Crippen LogP contribution in [0.25, 0.3) is 0 Å². The van der Waals surface area contributed by atoms with Crippen LogP contribution in [-0.4, -0.2) is 35.8 Å². The van der Waals surface area contributed by atoms with E-state index < -0.39 is 42.5 Å². The SMILES string of the molecule is CC(=O)O[C@H]1C(O)OC(C(F)(F)F)[C@@H](C)C1C. The Kier molecular flexibility index (Phi) is 4.03. The van der Waals surface area contributed by atoms with Crippen LogP contribution in [-0.2, 0) is 14.3 Å². The molecule has 0 radical (unpaired) electrons. The fourth-order valence-electron chi connectivity index (χ4n) is 1.92. The lowest BCUT2D eigenvalue weighted by atomic mass is 9.83. The number of hydrogen-bond donors (Lipinski definition) is 1. The third-order valence-corrected chi connectivity index (χ3v) is 3.02. The zero-order valence-corrected chi connectivity index (χ0v) is 9.69. The van der Waals surface area contributed by atoms with Crippen LogP contribution in [0, 0.1) is 11.8 Å². The number of aliphatic hydroxyl groups excluding tert-OH is 1. The number of hydrogen-bond acceptors (Lipinski definition) is 4. The highest BCUT2D eigenvalue weighted by atomic mass is 19.4. The molecule has 1 aliphatic heterocycles. The molecule has 1 aliphatic rings. The van der Waals surface area contributed by atoms with Gasteiger partial charge in [0.05, 0.1) is 0 Å². The summed E-state index contributed by atoms with van der Waals surface area (Å²) in [5.74, 6) is -2.21. The van der Waals surface area contributed by atoms with Gasteiger partial charge in [0.1, 0.15) is 0 Å². The van der Waals surface area contributed by atoms with Gasteiger partial charge in [0.15, 0.2) is 18.5 Å². The summed E-state index contributed by atoms with van der Waals surface area (Å²) in [4.78, 5) is 10.8. The Morgan fingerprint density at radius 1 is 1.29 bits per heavy atom. The van der Waals surface area contributed by atoms with Crippen molar-refractivity contribution in [3.63, 3.8) is 0 Å². The third-order valence-electron chi connectivity index (χ3n) is 3.02. The van der Waals surface area contributed by atoms with Crippen molar-refractivity contribution in [3.8, 4) is 0 Å². The van der Waals surface area contributed by atoms with Gasteiger partial charge in [0.25, 0.3) is 0 Å². The molecule has 0 aromatic carbocycles. The lowest BCUT2D eigenvalue weighted by Gasteiger charge is -2.42. The number of aliphatic hydroxyl groups is 1. The van der Waals surface area contributed by atoms with Gasteiger partial charge in [0, 0.05) is 12.8 Å². The van der Waals surface area contributed by atoms with E-state index in [1.54, 1.807) is 0 Å². The van der Waals surface area contributed by atoms with E-state index >= 15 is 0 Å². The van der Waals surface area contributed by atoms with Crippen molar-refractivity contribution in [2.75, 3.05) is 0 Å². The first kappa shape index (κ1) is 14.2. The van der Waals surface area contributed by atoms with Crippen molar-refractivity contribution < 1.29 is 32.5 Å². The second-order valence-electron chi connectivity index (χ2n) is 4.28. The highest BCUT2D eigenvalue weighted by Gasteiger charge is 2.53. The van der Waals surface area contributed by atoms with Crippen LogP contribution in [0.3, 0.4) is 0 Å². The maximum Gasteiger partial charge on any atom is 0.415 e. The van der Waals surface area contributed by atoms with E-state index in [1.807, 2.05) is 0 Å². The van der Waals surface area contributed by atoms with Gasteiger partial charge >= 0.3 is 12.1 Å². The van der Waals surface area contributed by atoms with Crippen LogP contribution in [0.5, 0.6) is 0 Å². The number of rotatable bonds is 1. The number of halogens is 3. The maximum absolute atomic E-state index is 12.6. The van der Waals surface area contributed by atoms with Crippen molar-refractivity contribution in [2.45, 2.75) is 45.4 Å². The van der Waals surface area contributed by atoms with Gasteiger partial charge in [-0.05, 0) is 5.92 Å². The number of esters is 1. The molecule has 0 saturated carbocycles. The number of carbonyl (C=O) groups is 1. The molecule has 1 N–H and O–H groups in total. The number of ether oxygens (including phenoxy) is 2. The molecular formula is C10H15F3O4. The van der Waals surface area contributed by atoms with Gasteiger partial charge in [-0.2, -0.15) is 13.2 Å². The van der Waals surface area contributed by atoms with E-state index in [1.165, 1.54) is 13.8 Å². The minimum absolute atomic E-state index is 0.644. The van der Waals surface area contributed by atoms with E-state index in [0.29, 0.717) is 0 Å². The topological polar surface area (TPSA) is 55.8 Å². The van der Waals surface area contributed by atoms with E-state index in [2.05, 4.69) is 4.74 Å². The summed E-state index contributed by atoms with van der Waals surface area (Å²) in [5.41, 5.74) is 0. The second kappa shape index (κ2) is 4.81. The van der Waals surface area contributed by atoms with Crippen LogP contribution in [0.15, 0.2) is 0 Å². The van der Waals surface area contributed by atoms with E-state index in [4.69, 9.17) is 4.74 Å². The first-order valence-corrected chi connectivity index (χ1v) is 5.22. The molecule has 1 fully saturated rings. The Morgan fingerprint density at radius 3 is 2.24 bits per heavy atom. The van der Waals surface area contributed by atoms with Gasteiger partial charge < -0.3 is 14.6 Å². The molecule has 0 bridgehead atoms. The molecule has 3 unspecified atom stereocenters. The molecule has 0 amide bonds. The van der Waals surface area contributed by atoms with Gasteiger partial charge in [-0.3, -0.25) is 4.79 Å². The fourth-order valence-corrected chi connectivity index (χ4v) is 1.92. The van der Waals surface area contributed by atoms with E-state index in [9.17, 15) is 23.1 Å². The van der Waals surface area contributed by atoms with Crippen molar-refractivity contribution in [1.82, 2.24) is 0 Å². The predicted molar refractivity (Wildman–Crippen MR) is 50.8 cm³/mol. The normalized spacial score (nSPS) is 38.9. The Balaban J connectivity index is 2.83. The molecule has 0 aromatic rings. The molecule has 4 nitrogen and oxygen atoms in total. The molecule has 1 rings (SSSR count). The van der Waals surface area contributed by atoms with Gasteiger partial charge in [0.2, 0.25) is 0 Å². The molecule has 0 aliphatic carbocycles. The minimum atomic E-state index is -4.55. The zero-order valence-electron chi connectivity index (χ0n) is 9.69. The average Bonchev–Trinajstić information content (AvgIpc) is 2.16. The van der Waals surface area contributed by atoms with Crippen LogP contribution in [0.2, 0.25) is 0 Å². The molecule has 100 valence electrons.